The molecule has 0 saturated carbocycles. The molecular formula is C18H15N5. The Balaban J connectivity index is 1.58. The standard InChI is InChI=1S/C18H15N5/c1-2-10-17-13(5-1)6-3-8-15(17)12-19-16-9-4-7-14(11-16)18-20-22-23-21-18/h1-11,19H,12H2,(H,20,21,22,23). The third kappa shape index (κ3) is 2.76. The molecule has 0 unspecified atom stereocenters. The minimum atomic E-state index is 0.596. The highest BCUT2D eigenvalue weighted by Gasteiger charge is 2.04. The number of H-pyrrole nitrogens is 1. The van der Waals surface area contributed by atoms with E-state index >= 15 is 0 Å². The molecular weight excluding hydrogens is 286 g/mol. The topological polar surface area (TPSA) is 66.5 Å². The van der Waals surface area contributed by atoms with Crippen molar-refractivity contribution >= 4 is 16.5 Å². The van der Waals surface area contributed by atoms with Crippen molar-refractivity contribution in [2.75, 3.05) is 5.32 Å². The van der Waals surface area contributed by atoms with Gasteiger partial charge in [-0.1, -0.05) is 54.6 Å². The summed E-state index contributed by atoms with van der Waals surface area (Å²) in [5.41, 5.74) is 3.23. The molecule has 0 atom stereocenters. The molecule has 3 aromatic carbocycles. The van der Waals surface area contributed by atoms with Crippen LogP contribution in [-0.2, 0) is 6.54 Å². The number of rotatable bonds is 4. The summed E-state index contributed by atoms with van der Waals surface area (Å²) in [7, 11) is 0. The molecule has 0 radical (unpaired) electrons. The molecule has 1 heterocycles. The van der Waals surface area contributed by atoms with E-state index in [9.17, 15) is 0 Å². The molecule has 0 saturated heterocycles. The van der Waals surface area contributed by atoms with Gasteiger partial charge in [0.15, 0.2) is 0 Å². The zero-order valence-electron chi connectivity index (χ0n) is 12.4. The second-order valence-corrected chi connectivity index (χ2v) is 5.31. The van der Waals surface area contributed by atoms with Crippen LogP contribution >= 0.6 is 0 Å². The van der Waals surface area contributed by atoms with Crippen molar-refractivity contribution in [3.8, 4) is 11.4 Å². The molecule has 0 aliphatic heterocycles. The molecule has 0 amide bonds. The molecule has 0 spiro atoms. The number of benzene rings is 3. The van der Waals surface area contributed by atoms with Crippen molar-refractivity contribution in [1.82, 2.24) is 20.6 Å². The summed E-state index contributed by atoms with van der Waals surface area (Å²) in [5, 5.41) is 20.1. The zero-order valence-corrected chi connectivity index (χ0v) is 12.4. The smallest absolute Gasteiger partial charge is 0.204 e. The van der Waals surface area contributed by atoms with Gasteiger partial charge in [-0.05, 0) is 33.7 Å². The van der Waals surface area contributed by atoms with Gasteiger partial charge in [-0.15, -0.1) is 10.2 Å². The van der Waals surface area contributed by atoms with Crippen LogP contribution in [0.15, 0.2) is 66.7 Å². The highest BCUT2D eigenvalue weighted by molar-refractivity contribution is 5.85. The van der Waals surface area contributed by atoms with Crippen LogP contribution in [0.2, 0.25) is 0 Å². The summed E-state index contributed by atoms with van der Waals surface area (Å²) in [6.07, 6.45) is 0. The number of aromatic nitrogens is 4. The number of fused-ring (bicyclic) bond motifs is 1. The van der Waals surface area contributed by atoms with Crippen molar-refractivity contribution in [1.29, 1.82) is 0 Å². The Bertz CT molecular complexity index is 926. The number of anilines is 1. The van der Waals surface area contributed by atoms with Crippen LogP contribution in [-0.4, -0.2) is 20.6 Å². The number of nitrogens with zero attached hydrogens (tertiary/aromatic N) is 3. The molecule has 23 heavy (non-hydrogen) atoms. The zero-order chi connectivity index (χ0) is 15.5. The van der Waals surface area contributed by atoms with Gasteiger partial charge in [0.2, 0.25) is 5.82 Å². The Kier molecular flexibility index (Phi) is 3.44. The summed E-state index contributed by atoms with van der Waals surface area (Å²) in [6.45, 7) is 0.761. The third-order valence-corrected chi connectivity index (χ3v) is 3.83. The van der Waals surface area contributed by atoms with Crippen molar-refractivity contribution < 1.29 is 0 Å². The number of hydrogen-bond acceptors (Lipinski definition) is 4. The van der Waals surface area contributed by atoms with E-state index < -0.39 is 0 Å². The predicted molar refractivity (Wildman–Crippen MR) is 90.9 cm³/mol. The number of tetrazole rings is 1. The Morgan fingerprint density at radius 2 is 1.78 bits per heavy atom. The fourth-order valence-electron chi connectivity index (χ4n) is 2.70. The average molecular weight is 301 g/mol. The van der Waals surface area contributed by atoms with E-state index in [-0.39, 0.29) is 0 Å². The molecule has 0 aliphatic carbocycles. The number of nitrogens with one attached hydrogen (secondary N) is 2. The van der Waals surface area contributed by atoms with Crippen molar-refractivity contribution in [2.45, 2.75) is 6.54 Å². The molecule has 0 bridgehead atoms. The van der Waals surface area contributed by atoms with E-state index in [0.29, 0.717) is 5.82 Å². The second kappa shape index (κ2) is 5.88. The van der Waals surface area contributed by atoms with Gasteiger partial charge in [0.05, 0.1) is 0 Å². The SMILES string of the molecule is c1cc(NCc2cccc3ccccc23)cc(-c2nn[nH]n2)c1. The summed E-state index contributed by atoms with van der Waals surface area (Å²) >= 11 is 0. The maximum Gasteiger partial charge on any atom is 0.204 e. The molecule has 1 aromatic heterocycles. The number of aromatic amines is 1. The second-order valence-electron chi connectivity index (χ2n) is 5.31. The van der Waals surface area contributed by atoms with Crippen molar-refractivity contribution in [3.05, 3.63) is 72.3 Å². The summed E-state index contributed by atoms with van der Waals surface area (Å²) in [6, 6.07) is 22.8. The highest BCUT2D eigenvalue weighted by Crippen LogP contribution is 2.22. The first-order chi connectivity index (χ1) is 11.4. The van der Waals surface area contributed by atoms with Crippen molar-refractivity contribution in [3.63, 3.8) is 0 Å². The van der Waals surface area contributed by atoms with Crippen LogP contribution < -0.4 is 5.32 Å². The summed E-state index contributed by atoms with van der Waals surface area (Å²) < 4.78 is 0. The molecule has 4 rings (SSSR count). The van der Waals surface area contributed by atoms with E-state index in [1.807, 2.05) is 24.3 Å². The maximum atomic E-state index is 4.01. The Morgan fingerprint density at radius 1 is 0.913 bits per heavy atom. The monoisotopic (exact) mass is 301 g/mol. The average Bonchev–Trinajstić information content (AvgIpc) is 3.15. The highest BCUT2D eigenvalue weighted by atomic mass is 15.5. The molecule has 0 fully saturated rings. The van der Waals surface area contributed by atoms with Crippen LogP contribution in [0.4, 0.5) is 5.69 Å². The van der Waals surface area contributed by atoms with E-state index in [4.69, 9.17) is 0 Å². The van der Waals surface area contributed by atoms with Gasteiger partial charge in [0, 0.05) is 17.8 Å². The van der Waals surface area contributed by atoms with Crippen LogP contribution in [0.5, 0.6) is 0 Å². The quantitative estimate of drug-likeness (QED) is 0.604. The van der Waals surface area contributed by atoms with Crippen LogP contribution in [0.1, 0.15) is 5.56 Å². The molecule has 5 heteroatoms. The first-order valence-electron chi connectivity index (χ1n) is 7.44. The minimum absolute atomic E-state index is 0.596. The first-order valence-corrected chi connectivity index (χ1v) is 7.44. The summed E-state index contributed by atoms with van der Waals surface area (Å²) in [5.74, 6) is 0.596. The Morgan fingerprint density at radius 3 is 2.70 bits per heavy atom. The Hall–Kier alpha value is -3.21. The lowest BCUT2D eigenvalue weighted by molar-refractivity contribution is 0.881. The fourth-order valence-corrected chi connectivity index (χ4v) is 2.70. The lowest BCUT2D eigenvalue weighted by Crippen LogP contribution is -2.00. The molecule has 112 valence electrons. The van der Waals surface area contributed by atoms with Crippen LogP contribution in [0.3, 0.4) is 0 Å². The van der Waals surface area contributed by atoms with Crippen molar-refractivity contribution in [2.24, 2.45) is 0 Å². The lowest BCUT2D eigenvalue weighted by atomic mass is 10.0. The largest absolute Gasteiger partial charge is 0.381 e. The van der Waals surface area contributed by atoms with Gasteiger partial charge in [-0.2, -0.15) is 5.21 Å². The minimum Gasteiger partial charge on any atom is -0.381 e. The van der Waals surface area contributed by atoms with E-state index in [1.54, 1.807) is 0 Å². The molecule has 4 aromatic rings. The molecule has 5 nitrogen and oxygen atoms in total. The molecule has 0 aliphatic rings. The summed E-state index contributed by atoms with van der Waals surface area (Å²) in [4.78, 5) is 0. The Labute approximate surface area is 133 Å². The van der Waals surface area contributed by atoms with Crippen LogP contribution in [0.25, 0.3) is 22.2 Å². The predicted octanol–water partition coefficient (Wildman–Crippen LogP) is 3.63. The van der Waals surface area contributed by atoms with Gasteiger partial charge in [0.1, 0.15) is 0 Å². The normalized spacial score (nSPS) is 10.8. The van der Waals surface area contributed by atoms with Gasteiger partial charge in [-0.3, -0.25) is 0 Å². The van der Waals surface area contributed by atoms with Crippen LogP contribution in [0, 0.1) is 0 Å². The maximum absolute atomic E-state index is 4.01. The third-order valence-electron chi connectivity index (χ3n) is 3.83. The van der Waals surface area contributed by atoms with Gasteiger partial charge < -0.3 is 5.32 Å². The number of hydrogen-bond donors (Lipinski definition) is 2. The fraction of sp³-hybridized carbons (Fsp3) is 0.0556. The van der Waals surface area contributed by atoms with E-state index in [0.717, 1.165) is 17.8 Å². The van der Waals surface area contributed by atoms with Gasteiger partial charge in [-0.25, -0.2) is 0 Å². The van der Waals surface area contributed by atoms with Gasteiger partial charge in [0.25, 0.3) is 0 Å². The van der Waals surface area contributed by atoms with E-state index in [2.05, 4.69) is 68.4 Å². The molecule has 2 N–H and O–H groups in total. The first kappa shape index (κ1) is 13.5. The lowest BCUT2D eigenvalue weighted by Gasteiger charge is -2.10. The van der Waals surface area contributed by atoms with E-state index in [1.165, 1.54) is 16.3 Å². The van der Waals surface area contributed by atoms with Gasteiger partial charge >= 0.3 is 0 Å².